The lowest BCUT2D eigenvalue weighted by Crippen LogP contribution is -2.08. The van der Waals surface area contributed by atoms with Gasteiger partial charge in [-0.15, -0.1) is 0 Å². The number of anilines is 2. The Hall–Kier alpha value is -2.19. The van der Waals surface area contributed by atoms with E-state index in [1.165, 1.54) is 12.1 Å². The number of benzene rings is 2. The third-order valence-corrected chi connectivity index (χ3v) is 3.16. The normalized spacial score (nSPS) is 11.0. The third kappa shape index (κ3) is 3.47. The monoisotopic (exact) mass is 310 g/mol. The summed E-state index contributed by atoms with van der Waals surface area (Å²) in [6, 6.07) is 10.1. The molecule has 108 valence electrons. The van der Waals surface area contributed by atoms with Gasteiger partial charge in [0.15, 0.2) is 0 Å². The van der Waals surface area contributed by atoms with Gasteiger partial charge >= 0.3 is 6.18 Å². The van der Waals surface area contributed by atoms with Gasteiger partial charge in [-0.2, -0.15) is 18.4 Å². The van der Waals surface area contributed by atoms with Crippen LogP contribution in [0.5, 0.6) is 0 Å². The Bertz CT molecular complexity index is 718. The Balaban J connectivity index is 2.39. The number of hydrogen-bond acceptors (Lipinski definition) is 2. The maximum atomic E-state index is 12.7. The standard InChI is InChI=1S/C15H10ClF3N2/c1-9-2-3-11(16)7-14(9)21-12-4-5-13(15(17,18)19)10(6-12)8-20/h2-7,21H,1H3. The number of hydrogen-bond donors (Lipinski definition) is 1. The van der Waals surface area contributed by atoms with Crippen LogP contribution in [0.4, 0.5) is 24.5 Å². The molecule has 0 aromatic heterocycles. The average molecular weight is 311 g/mol. The molecule has 2 rings (SSSR count). The van der Waals surface area contributed by atoms with Gasteiger partial charge in [0.25, 0.3) is 0 Å². The molecule has 0 amide bonds. The zero-order chi connectivity index (χ0) is 15.6. The molecule has 0 heterocycles. The van der Waals surface area contributed by atoms with Crippen molar-refractivity contribution in [3.63, 3.8) is 0 Å². The van der Waals surface area contributed by atoms with Crippen molar-refractivity contribution in [2.24, 2.45) is 0 Å². The number of nitrogens with one attached hydrogen (secondary N) is 1. The molecule has 0 atom stereocenters. The zero-order valence-corrected chi connectivity index (χ0v) is 11.7. The van der Waals surface area contributed by atoms with E-state index in [1.807, 2.05) is 6.92 Å². The second-order valence-corrected chi connectivity index (χ2v) is 4.89. The van der Waals surface area contributed by atoms with E-state index >= 15 is 0 Å². The number of halogens is 4. The van der Waals surface area contributed by atoms with Crippen LogP contribution in [0.1, 0.15) is 16.7 Å². The number of aryl methyl sites for hydroxylation is 1. The van der Waals surface area contributed by atoms with Crippen LogP contribution in [-0.2, 0) is 6.18 Å². The van der Waals surface area contributed by atoms with Crippen molar-refractivity contribution >= 4 is 23.0 Å². The molecule has 0 aliphatic heterocycles. The summed E-state index contributed by atoms with van der Waals surface area (Å²) in [5.74, 6) is 0. The predicted molar refractivity (Wildman–Crippen MR) is 75.6 cm³/mol. The van der Waals surface area contributed by atoms with Crippen LogP contribution in [0.3, 0.4) is 0 Å². The lowest BCUT2D eigenvalue weighted by Gasteiger charge is -2.13. The first-order valence-electron chi connectivity index (χ1n) is 5.96. The van der Waals surface area contributed by atoms with Crippen molar-refractivity contribution in [1.82, 2.24) is 0 Å². The number of alkyl halides is 3. The second-order valence-electron chi connectivity index (χ2n) is 4.45. The van der Waals surface area contributed by atoms with Crippen LogP contribution in [0.25, 0.3) is 0 Å². The van der Waals surface area contributed by atoms with Gasteiger partial charge in [-0.05, 0) is 42.8 Å². The summed E-state index contributed by atoms with van der Waals surface area (Å²) in [6.45, 7) is 1.84. The van der Waals surface area contributed by atoms with Crippen molar-refractivity contribution in [1.29, 1.82) is 5.26 Å². The Morgan fingerprint density at radius 2 is 1.86 bits per heavy atom. The van der Waals surface area contributed by atoms with Gasteiger partial charge in [0, 0.05) is 16.4 Å². The van der Waals surface area contributed by atoms with E-state index in [0.29, 0.717) is 16.4 Å². The maximum Gasteiger partial charge on any atom is 0.417 e. The van der Waals surface area contributed by atoms with E-state index < -0.39 is 17.3 Å². The second kappa shape index (κ2) is 5.66. The van der Waals surface area contributed by atoms with Crippen molar-refractivity contribution in [3.8, 4) is 6.07 Å². The minimum absolute atomic E-state index is 0.393. The molecule has 2 nitrogen and oxygen atoms in total. The summed E-state index contributed by atoms with van der Waals surface area (Å²) < 4.78 is 38.2. The highest BCUT2D eigenvalue weighted by Crippen LogP contribution is 2.34. The van der Waals surface area contributed by atoms with Crippen molar-refractivity contribution in [3.05, 3.63) is 58.1 Å². The first-order chi connectivity index (χ1) is 9.81. The Kier molecular flexibility index (Phi) is 4.10. The molecule has 0 aliphatic carbocycles. The minimum atomic E-state index is -4.55. The maximum absolute atomic E-state index is 12.7. The molecule has 0 saturated heterocycles. The summed E-state index contributed by atoms with van der Waals surface area (Å²) in [5, 5.41) is 12.3. The molecule has 1 N–H and O–H groups in total. The van der Waals surface area contributed by atoms with Crippen LogP contribution in [0.2, 0.25) is 5.02 Å². The fourth-order valence-corrected chi connectivity index (χ4v) is 2.02. The molecule has 21 heavy (non-hydrogen) atoms. The van der Waals surface area contributed by atoms with Gasteiger partial charge in [0.2, 0.25) is 0 Å². The Morgan fingerprint density at radius 3 is 2.48 bits per heavy atom. The van der Waals surface area contributed by atoms with Gasteiger partial charge in [0.1, 0.15) is 0 Å². The molecule has 0 radical (unpaired) electrons. The molecule has 0 fully saturated rings. The van der Waals surface area contributed by atoms with Gasteiger partial charge in [-0.3, -0.25) is 0 Å². The zero-order valence-electron chi connectivity index (χ0n) is 10.9. The van der Waals surface area contributed by atoms with Crippen LogP contribution < -0.4 is 5.32 Å². The van der Waals surface area contributed by atoms with E-state index in [0.717, 1.165) is 11.6 Å². The van der Waals surface area contributed by atoms with Crippen LogP contribution in [0.15, 0.2) is 36.4 Å². The van der Waals surface area contributed by atoms with E-state index in [1.54, 1.807) is 24.3 Å². The van der Waals surface area contributed by atoms with Crippen LogP contribution in [-0.4, -0.2) is 0 Å². The largest absolute Gasteiger partial charge is 0.417 e. The summed E-state index contributed by atoms with van der Waals surface area (Å²) >= 11 is 5.89. The smallest absolute Gasteiger partial charge is 0.355 e. The Morgan fingerprint density at radius 1 is 1.14 bits per heavy atom. The highest BCUT2D eigenvalue weighted by molar-refractivity contribution is 6.30. The summed E-state index contributed by atoms with van der Waals surface area (Å²) in [5.41, 5.74) is 0.583. The van der Waals surface area contributed by atoms with E-state index in [-0.39, 0.29) is 0 Å². The minimum Gasteiger partial charge on any atom is -0.355 e. The lowest BCUT2D eigenvalue weighted by molar-refractivity contribution is -0.137. The van der Waals surface area contributed by atoms with Gasteiger partial charge in [0.05, 0.1) is 17.2 Å². The topological polar surface area (TPSA) is 35.8 Å². The summed E-state index contributed by atoms with van der Waals surface area (Å²) in [7, 11) is 0. The SMILES string of the molecule is Cc1ccc(Cl)cc1Nc1ccc(C(F)(F)F)c(C#N)c1. The lowest BCUT2D eigenvalue weighted by atomic mass is 10.1. The van der Waals surface area contributed by atoms with Crippen molar-refractivity contribution in [2.45, 2.75) is 13.1 Å². The fraction of sp³-hybridized carbons (Fsp3) is 0.133. The van der Waals surface area contributed by atoms with Gasteiger partial charge < -0.3 is 5.32 Å². The molecule has 0 spiro atoms. The molecule has 0 unspecified atom stereocenters. The predicted octanol–water partition coefficient (Wildman–Crippen LogP) is 5.28. The molecule has 2 aromatic rings. The first kappa shape index (κ1) is 15.2. The van der Waals surface area contributed by atoms with Crippen LogP contribution in [0, 0.1) is 18.3 Å². The molecule has 0 bridgehead atoms. The molecule has 2 aromatic carbocycles. The van der Waals surface area contributed by atoms with E-state index in [9.17, 15) is 13.2 Å². The first-order valence-corrected chi connectivity index (χ1v) is 6.33. The summed E-state index contributed by atoms with van der Waals surface area (Å²) in [6.07, 6.45) is -4.55. The van der Waals surface area contributed by atoms with Gasteiger partial charge in [-0.1, -0.05) is 17.7 Å². The van der Waals surface area contributed by atoms with Crippen molar-refractivity contribution < 1.29 is 13.2 Å². The molecule has 0 saturated carbocycles. The van der Waals surface area contributed by atoms with E-state index in [4.69, 9.17) is 16.9 Å². The number of nitriles is 1. The number of nitrogens with zero attached hydrogens (tertiary/aromatic N) is 1. The van der Waals surface area contributed by atoms with Crippen molar-refractivity contribution in [2.75, 3.05) is 5.32 Å². The molecule has 0 aliphatic rings. The molecular weight excluding hydrogens is 301 g/mol. The quantitative estimate of drug-likeness (QED) is 0.819. The Labute approximate surface area is 124 Å². The third-order valence-electron chi connectivity index (χ3n) is 2.92. The average Bonchev–Trinajstić information content (AvgIpc) is 2.41. The number of rotatable bonds is 2. The molecular formula is C15H10ClF3N2. The van der Waals surface area contributed by atoms with E-state index in [2.05, 4.69) is 5.32 Å². The van der Waals surface area contributed by atoms with Gasteiger partial charge in [-0.25, -0.2) is 0 Å². The highest BCUT2D eigenvalue weighted by atomic mass is 35.5. The fourth-order valence-electron chi connectivity index (χ4n) is 1.85. The van der Waals surface area contributed by atoms with Crippen LogP contribution >= 0.6 is 11.6 Å². The molecule has 6 heteroatoms. The highest BCUT2D eigenvalue weighted by Gasteiger charge is 2.33. The summed E-state index contributed by atoms with van der Waals surface area (Å²) in [4.78, 5) is 0.